The van der Waals surface area contributed by atoms with Gasteiger partial charge in [-0.3, -0.25) is 9.59 Å². The fourth-order valence-electron chi connectivity index (χ4n) is 1.81. The summed E-state index contributed by atoms with van der Waals surface area (Å²) in [4.78, 5) is 26.8. The molecule has 20 heavy (non-hydrogen) atoms. The third-order valence-corrected chi connectivity index (χ3v) is 3.06. The summed E-state index contributed by atoms with van der Waals surface area (Å²) in [6, 6.07) is 5.22. The highest BCUT2D eigenvalue weighted by Gasteiger charge is 2.14. The normalized spacial score (nSPS) is 10.0. The summed E-state index contributed by atoms with van der Waals surface area (Å²) >= 11 is 0. The van der Waals surface area contributed by atoms with Crippen LogP contribution in [-0.4, -0.2) is 51.4 Å². The molecule has 1 aromatic carbocycles. The van der Waals surface area contributed by atoms with Crippen molar-refractivity contribution in [3.63, 3.8) is 0 Å². The van der Waals surface area contributed by atoms with Crippen LogP contribution >= 0.6 is 0 Å². The molecule has 0 aliphatic carbocycles. The van der Waals surface area contributed by atoms with Crippen LogP contribution in [0.5, 0.6) is 0 Å². The molecule has 0 saturated carbocycles. The minimum absolute atomic E-state index is 0.0906. The van der Waals surface area contributed by atoms with Gasteiger partial charge in [0.2, 0.25) is 5.91 Å². The molecule has 110 valence electrons. The Morgan fingerprint density at radius 2 is 1.90 bits per heavy atom. The van der Waals surface area contributed by atoms with Crippen molar-refractivity contribution < 1.29 is 9.59 Å². The number of nitrogens with zero attached hydrogens (tertiary/aromatic N) is 2. The number of nitrogens with one attached hydrogen (secondary N) is 1. The zero-order valence-corrected chi connectivity index (χ0v) is 12.4. The highest BCUT2D eigenvalue weighted by Crippen LogP contribution is 2.22. The SMILES string of the molecule is CNC(=O)CCN(C)C(=O)c1ccc(N(C)C)c(N)c1. The first kappa shape index (κ1) is 15.8. The number of carbonyl (C=O) groups excluding carboxylic acids is 2. The lowest BCUT2D eigenvalue weighted by Crippen LogP contribution is -2.31. The second-order valence-corrected chi connectivity index (χ2v) is 4.82. The largest absolute Gasteiger partial charge is 0.397 e. The summed E-state index contributed by atoms with van der Waals surface area (Å²) in [5, 5.41) is 2.53. The molecule has 0 aliphatic heterocycles. The molecule has 0 fully saturated rings. The summed E-state index contributed by atoms with van der Waals surface area (Å²) in [6.07, 6.45) is 0.282. The van der Waals surface area contributed by atoms with Crippen molar-refractivity contribution in [1.82, 2.24) is 10.2 Å². The summed E-state index contributed by atoms with van der Waals surface area (Å²) in [5.74, 6) is -0.238. The van der Waals surface area contributed by atoms with Gasteiger partial charge in [0, 0.05) is 46.7 Å². The number of benzene rings is 1. The number of amides is 2. The Labute approximate surface area is 119 Å². The fourth-order valence-corrected chi connectivity index (χ4v) is 1.81. The van der Waals surface area contributed by atoms with E-state index < -0.39 is 0 Å². The predicted molar refractivity (Wildman–Crippen MR) is 80.8 cm³/mol. The van der Waals surface area contributed by atoms with Crippen LogP contribution in [0.2, 0.25) is 0 Å². The third kappa shape index (κ3) is 3.88. The number of hydrogen-bond acceptors (Lipinski definition) is 4. The molecule has 0 atom stereocenters. The molecular weight excluding hydrogens is 256 g/mol. The number of anilines is 2. The zero-order chi connectivity index (χ0) is 15.3. The summed E-state index contributed by atoms with van der Waals surface area (Å²) in [6.45, 7) is 0.369. The van der Waals surface area contributed by atoms with E-state index in [0.29, 0.717) is 17.8 Å². The molecular formula is C14H22N4O2. The Balaban J connectivity index is 2.77. The molecule has 0 bridgehead atoms. The Bertz CT molecular complexity index is 500. The second-order valence-electron chi connectivity index (χ2n) is 4.82. The van der Waals surface area contributed by atoms with Gasteiger partial charge in [0.1, 0.15) is 0 Å². The number of hydrogen-bond donors (Lipinski definition) is 2. The van der Waals surface area contributed by atoms with Gasteiger partial charge in [-0.15, -0.1) is 0 Å². The molecule has 0 radical (unpaired) electrons. The number of nitrogens with two attached hydrogens (primary N) is 1. The summed E-state index contributed by atoms with van der Waals surface area (Å²) in [7, 11) is 7.03. The van der Waals surface area contributed by atoms with Crippen LogP contribution in [0.4, 0.5) is 11.4 Å². The molecule has 0 unspecified atom stereocenters. The summed E-state index contributed by atoms with van der Waals surface area (Å²) < 4.78 is 0. The fraction of sp³-hybridized carbons (Fsp3) is 0.429. The Morgan fingerprint density at radius 3 is 2.40 bits per heavy atom. The van der Waals surface area contributed by atoms with Crippen molar-refractivity contribution in [1.29, 1.82) is 0 Å². The van der Waals surface area contributed by atoms with Crippen molar-refractivity contribution in [2.45, 2.75) is 6.42 Å². The Morgan fingerprint density at radius 1 is 1.25 bits per heavy atom. The smallest absolute Gasteiger partial charge is 0.253 e. The quantitative estimate of drug-likeness (QED) is 0.771. The van der Waals surface area contributed by atoms with Crippen LogP contribution in [0, 0.1) is 0 Å². The van der Waals surface area contributed by atoms with Gasteiger partial charge in [0.25, 0.3) is 5.91 Å². The van der Waals surface area contributed by atoms with Crippen molar-refractivity contribution >= 4 is 23.2 Å². The Hall–Kier alpha value is -2.24. The van der Waals surface area contributed by atoms with Crippen molar-refractivity contribution in [2.75, 3.05) is 45.4 Å². The van der Waals surface area contributed by atoms with E-state index in [1.807, 2.05) is 25.1 Å². The van der Waals surface area contributed by atoms with Gasteiger partial charge in [-0.25, -0.2) is 0 Å². The van der Waals surface area contributed by atoms with Gasteiger partial charge in [-0.1, -0.05) is 0 Å². The predicted octanol–water partition coefficient (Wildman–Crippen LogP) is 0.543. The first-order chi connectivity index (χ1) is 9.36. The Kier molecular flexibility index (Phi) is 5.37. The van der Waals surface area contributed by atoms with Gasteiger partial charge >= 0.3 is 0 Å². The van der Waals surface area contributed by atoms with Crippen LogP contribution in [0.3, 0.4) is 0 Å². The van der Waals surface area contributed by atoms with Gasteiger partial charge in [0.05, 0.1) is 11.4 Å². The number of nitrogen functional groups attached to an aromatic ring is 1. The monoisotopic (exact) mass is 278 g/mol. The molecule has 6 heteroatoms. The van der Waals surface area contributed by atoms with Crippen molar-refractivity contribution in [3.8, 4) is 0 Å². The maximum atomic E-state index is 12.2. The molecule has 0 aliphatic rings. The molecule has 0 spiro atoms. The minimum atomic E-state index is -0.147. The highest BCUT2D eigenvalue weighted by molar-refractivity contribution is 5.96. The van der Waals surface area contributed by atoms with Crippen LogP contribution < -0.4 is 16.0 Å². The van der Waals surface area contributed by atoms with Crippen LogP contribution in [-0.2, 0) is 4.79 Å². The topological polar surface area (TPSA) is 78.7 Å². The maximum Gasteiger partial charge on any atom is 0.253 e. The first-order valence-corrected chi connectivity index (χ1v) is 6.39. The van der Waals surface area contributed by atoms with E-state index in [4.69, 9.17) is 5.73 Å². The zero-order valence-electron chi connectivity index (χ0n) is 12.4. The van der Waals surface area contributed by atoms with Gasteiger partial charge < -0.3 is 20.9 Å². The lowest BCUT2D eigenvalue weighted by Gasteiger charge is -2.19. The van der Waals surface area contributed by atoms with E-state index in [2.05, 4.69) is 5.32 Å². The number of rotatable bonds is 5. The highest BCUT2D eigenvalue weighted by atomic mass is 16.2. The lowest BCUT2D eigenvalue weighted by molar-refractivity contribution is -0.120. The van der Waals surface area contributed by atoms with E-state index >= 15 is 0 Å². The van der Waals surface area contributed by atoms with E-state index in [9.17, 15) is 9.59 Å². The van der Waals surface area contributed by atoms with Crippen molar-refractivity contribution in [2.24, 2.45) is 0 Å². The third-order valence-electron chi connectivity index (χ3n) is 3.06. The first-order valence-electron chi connectivity index (χ1n) is 6.39. The van der Waals surface area contributed by atoms with Crippen LogP contribution in [0.1, 0.15) is 16.8 Å². The van der Waals surface area contributed by atoms with Gasteiger partial charge in [-0.2, -0.15) is 0 Å². The summed E-state index contributed by atoms with van der Waals surface area (Å²) in [5.41, 5.74) is 7.87. The molecule has 0 aromatic heterocycles. The van der Waals surface area contributed by atoms with Gasteiger partial charge in [-0.05, 0) is 18.2 Å². The van der Waals surface area contributed by atoms with E-state index in [-0.39, 0.29) is 18.2 Å². The van der Waals surface area contributed by atoms with E-state index in [0.717, 1.165) is 5.69 Å². The lowest BCUT2D eigenvalue weighted by atomic mass is 10.1. The minimum Gasteiger partial charge on any atom is -0.397 e. The molecule has 3 N–H and O–H groups in total. The van der Waals surface area contributed by atoms with E-state index in [1.165, 1.54) is 4.90 Å². The average Bonchev–Trinajstić information content (AvgIpc) is 2.42. The molecule has 6 nitrogen and oxygen atoms in total. The maximum absolute atomic E-state index is 12.2. The second kappa shape index (κ2) is 6.79. The molecule has 2 amide bonds. The number of carbonyl (C=O) groups is 2. The van der Waals surface area contributed by atoms with E-state index in [1.54, 1.807) is 26.2 Å². The molecule has 1 aromatic rings. The average molecular weight is 278 g/mol. The van der Waals surface area contributed by atoms with Gasteiger partial charge in [0.15, 0.2) is 0 Å². The molecule has 0 saturated heterocycles. The molecule has 0 heterocycles. The standard InChI is InChI=1S/C14H22N4O2/c1-16-13(19)7-8-18(4)14(20)10-5-6-12(17(2)3)11(15)9-10/h5-6,9H,7-8,15H2,1-4H3,(H,16,19). The van der Waals surface area contributed by atoms with Crippen LogP contribution in [0.15, 0.2) is 18.2 Å². The van der Waals surface area contributed by atoms with Crippen molar-refractivity contribution in [3.05, 3.63) is 23.8 Å². The molecule has 1 rings (SSSR count). The van der Waals surface area contributed by atoms with Crippen LogP contribution in [0.25, 0.3) is 0 Å².